The summed E-state index contributed by atoms with van der Waals surface area (Å²) in [5, 5.41) is 7.47. The van der Waals surface area contributed by atoms with E-state index in [0.717, 1.165) is 0 Å². The Morgan fingerprint density at radius 2 is 2.00 bits per heavy atom. The van der Waals surface area contributed by atoms with Crippen molar-refractivity contribution in [3.63, 3.8) is 0 Å². The van der Waals surface area contributed by atoms with E-state index in [1.54, 1.807) is 6.07 Å². The van der Waals surface area contributed by atoms with Crippen LogP contribution in [0.15, 0.2) is 12.1 Å². The maximum Gasteiger partial charge on any atom is 0.153 e. The lowest BCUT2D eigenvalue weighted by molar-refractivity contribution is 0.552. The molecule has 1 aromatic carbocycles. The van der Waals surface area contributed by atoms with E-state index in [4.69, 9.17) is 17.3 Å². The number of H-pyrrole nitrogens is 2. The van der Waals surface area contributed by atoms with Crippen molar-refractivity contribution in [2.45, 2.75) is 26.2 Å². The standard InChI is InChI=1S/C14H15ClFN5/c1-14(2,3)13-18-10(11(15)19-13)6-5-9-7(4-8(6)16)12(17)21-20-9/h4-5H,1-3H3,(H,18,19)(H3,17,20,21). The summed E-state index contributed by atoms with van der Waals surface area (Å²) in [6.45, 7) is 6.00. The molecule has 0 atom stereocenters. The second-order valence-electron chi connectivity index (χ2n) is 5.98. The predicted molar refractivity (Wildman–Crippen MR) is 81.8 cm³/mol. The highest BCUT2D eigenvalue weighted by molar-refractivity contribution is 6.32. The van der Waals surface area contributed by atoms with Gasteiger partial charge in [-0.3, -0.25) is 5.10 Å². The second kappa shape index (κ2) is 4.46. The summed E-state index contributed by atoms with van der Waals surface area (Å²) >= 11 is 6.18. The van der Waals surface area contributed by atoms with Crippen molar-refractivity contribution in [2.24, 2.45) is 0 Å². The number of nitrogen functional groups attached to an aromatic ring is 1. The average molecular weight is 308 g/mol. The molecule has 2 aromatic heterocycles. The second-order valence-corrected chi connectivity index (χ2v) is 6.36. The number of hydrogen-bond donors (Lipinski definition) is 3. The van der Waals surface area contributed by atoms with E-state index in [2.05, 4.69) is 20.2 Å². The first kappa shape index (κ1) is 13.9. The molecule has 0 radical (unpaired) electrons. The third kappa shape index (κ3) is 2.25. The van der Waals surface area contributed by atoms with Crippen molar-refractivity contribution in [1.29, 1.82) is 0 Å². The van der Waals surface area contributed by atoms with Gasteiger partial charge >= 0.3 is 0 Å². The topological polar surface area (TPSA) is 83.4 Å². The Balaban J connectivity index is 2.20. The maximum atomic E-state index is 14.3. The summed E-state index contributed by atoms with van der Waals surface area (Å²) < 4.78 is 14.3. The lowest BCUT2D eigenvalue weighted by atomic mass is 9.96. The Morgan fingerprint density at radius 3 is 2.62 bits per heavy atom. The number of imidazole rings is 1. The van der Waals surface area contributed by atoms with Crippen molar-refractivity contribution in [1.82, 2.24) is 20.2 Å². The average Bonchev–Trinajstić information content (AvgIpc) is 2.93. The molecule has 5 nitrogen and oxygen atoms in total. The molecule has 21 heavy (non-hydrogen) atoms. The van der Waals surface area contributed by atoms with Gasteiger partial charge in [0.1, 0.15) is 22.5 Å². The number of nitrogens with two attached hydrogens (primary N) is 1. The van der Waals surface area contributed by atoms with Crippen LogP contribution >= 0.6 is 11.6 Å². The molecule has 0 aliphatic carbocycles. The quantitative estimate of drug-likeness (QED) is 0.642. The molecule has 0 bridgehead atoms. The summed E-state index contributed by atoms with van der Waals surface area (Å²) in [5.41, 5.74) is 6.79. The van der Waals surface area contributed by atoms with Gasteiger partial charge in [-0.2, -0.15) is 5.10 Å². The summed E-state index contributed by atoms with van der Waals surface area (Å²) in [4.78, 5) is 7.43. The summed E-state index contributed by atoms with van der Waals surface area (Å²) in [5.74, 6) is 0.523. The number of rotatable bonds is 1. The minimum Gasteiger partial charge on any atom is -0.382 e. The lowest BCUT2D eigenvalue weighted by Gasteiger charge is -2.13. The first-order valence-electron chi connectivity index (χ1n) is 6.47. The number of halogens is 2. The summed E-state index contributed by atoms with van der Waals surface area (Å²) in [6.07, 6.45) is 0. The van der Waals surface area contributed by atoms with Crippen LogP contribution in [0.4, 0.5) is 10.2 Å². The van der Waals surface area contributed by atoms with Crippen LogP contribution in [0.3, 0.4) is 0 Å². The van der Waals surface area contributed by atoms with Crippen molar-refractivity contribution in [3.8, 4) is 11.3 Å². The maximum absolute atomic E-state index is 14.3. The van der Waals surface area contributed by atoms with Gasteiger partial charge in [-0.1, -0.05) is 32.4 Å². The smallest absolute Gasteiger partial charge is 0.153 e. The van der Waals surface area contributed by atoms with Crippen LogP contribution in [0.25, 0.3) is 22.2 Å². The minimum atomic E-state index is -0.440. The van der Waals surface area contributed by atoms with Gasteiger partial charge in [0.15, 0.2) is 5.82 Å². The highest BCUT2D eigenvalue weighted by Gasteiger charge is 2.23. The molecule has 0 fully saturated rings. The normalized spacial score (nSPS) is 12.2. The molecule has 0 aliphatic rings. The van der Waals surface area contributed by atoms with Crippen molar-refractivity contribution >= 4 is 28.3 Å². The van der Waals surface area contributed by atoms with E-state index in [9.17, 15) is 4.39 Å². The zero-order valence-corrected chi connectivity index (χ0v) is 12.6. The Morgan fingerprint density at radius 1 is 1.29 bits per heavy atom. The fourth-order valence-electron chi connectivity index (χ4n) is 2.13. The third-order valence-electron chi connectivity index (χ3n) is 3.31. The van der Waals surface area contributed by atoms with Gasteiger partial charge in [-0.15, -0.1) is 0 Å². The van der Waals surface area contributed by atoms with E-state index in [1.807, 2.05) is 20.8 Å². The van der Waals surface area contributed by atoms with Crippen LogP contribution < -0.4 is 5.73 Å². The summed E-state index contributed by atoms with van der Waals surface area (Å²) in [7, 11) is 0. The number of benzene rings is 1. The van der Waals surface area contributed by atoms with Crippen molar-refractivity contribution < 1.29 is 4.39 Å². The molecule has 3 rings (SSSR count). The van der Waals surface area contributed by atoms with E-state index >= 15 is 0 Å². The molecule has 0 amide bonds. The Hall–Kier alpha value is -2.08. The van der Waals surface area contributed by atoms with Gasteiger partial charge < -0.3 is 10.7 Å². The lowest BCUT2D eigenvalue weighted by Crippen LogP contribution is -2.13. The molecule has 7 heteroatoms. The molecular weight excluding hydrogens is 293 g/mol. The van der Waals surface area contributed by atoms with Gasteiger partial charge in [0.05, 0.1) is 5.52 Å². The van der Waals surface area contributed by atoms with Crippen LogP contribution in [-0.4, -0.2) is 20.2 Å². The van der Waals surface area contributed by atoms with E-state index < -0.39 is 5.82 Å². The zero-order chi connectivity index (χ0) is 15.4. The van der Waals surface area contributed by atoms with Crippen molar-refractivity contribution in [2.75, 3.05) is 5.73 Å². The molecule has 0 unspecified atom stereocenters. The SMILES string of the molecule is CC(C)(C)c1nc(-c2cc3[nH]nc(N)c3cc2F)c(Cl)[nH]1. The molecule has 0 saturated heterocycles. The Labute approximate surface area is 125 Å². The molecule has 2 heterocycles. The van der Waals surface area contributed by atoms with Gasteiger partial charge in [0.25, 0.3) is 0 Å². The number of aromatic nitrogens is 4. The Bertz CT molecular complexity index is 828. The minimum absolute atomic E-state index is 0.207. The van der Waals surface area contributed by atoms with E-state index in [-0.39, 0.29) is 11.2 Å². The van der Waals surface area contributed by atoms with Gasteiger partial charge in [0, 0.05) is 16.4 Å². The predicted octanol–water partition coefficient (Wildman–Crippen LogP) is 3.63. The van der Waals surface area contributed by atoms with Crippen LogP contribution in [0.1, 0.15) is 26.6 Å². The van der Waals surface area contributed by atoms with E-state index in [1.165, 1.54) is 6.07 Å². The number of anilines is 1. The van der Waals surface area contributed by atoms with Crippen LogP contribution in [0.5, 0.6) is 0 Å². The highest BCUT2D eigenvalue weighted by atomic mass is 35.5. The van der Waals surface area contributed by atoms with E-state index in [0.29, 0.717) is 33.1 Å². The van der Waals surface area contributed by atoms with Gasteiger partial charge in [-0.05, 0) is 12.1 Å². The molecule has 0 spiro atoms. The monoisotopic (exact) mass is 307 g/mol. The fraction of sp³-hybridized carbons (Fsp3) is 0.286. The first-order chi connectivity index (χ1) is 9.77. The number of fused-ring (bicyclic) bond motifs is 1. The van der Waals surface area contributed by atoms with Crippen molar-refractivity contribution in [3.05, 3.63) is 28.9 Å². The third-order valence-corrected chi connectivity index (χ3v) is 3.58. The number of nitrogens with zero attached hydrogens (tertiary/aromatic N) is 2. The highest BCUT2D eigenvalue weighted by Crippen LogP contribution is 2.34. The van der Waals surface area contributed by atoms with Gasteiger partial charge in [0.2, 0.25) is 0 Å². The van der Waals surface area contributed by atoms with Crippen LogP contribution in [-0.2, 0) is 5.41 Å². The molecule has 0 saturated carbocycles. The van der Waals surface area contributed by atoms with Crippen LogP contribution in [0, 0.1) is 5.82 Å². The molecule has 110 valence electrons. The largest absolute Gasteiger partial charge is 0.382 e. The zero-order valence-electron chi connectivity index (χ0n) is 11.9. The molecule has 4 N–H and O–H groups in total. The number of nitrogens with one attached hydrogen (secondary N) is 2. The van der Waals surface area contributed by atoms with Crippen LogP contribution in [0.2, 0.25) is 5.15 Å². The molecule has 0 aliphatic heterocycles. The first-order valence-corrected chi connectivity index (χ1v) is 6.84. The van der Waals surface area contributed by atoms with Gasteiger partial charge in [-0.25, -0.2) is 9.37 Å². The molecular formula is C14H15ClFN5. The summed E-state index contributed by atoms with van der Waals surface area (Å²) in [6, 6.07) is 2.95. The molecule has 3 aromatic rings. The number of aromatic amines is 2. The number of hydrogen-bond acceptors (Lipinski definition) is 3. The Kier molecular flexibility index (Phi) is 2.95. The fourth-order valence-corrected chi connectivity index (χ4v) is 2.36.